The summed E-state index contributed by atoms with van der Waals surface area (Å²) in [4.78, 5) is 25.1. The van der Waals surface area contributed by atoms with E-state index in [4.69, 9.17) is 0 Å². The van der Waals surface area contributed by atoms with E-state index in [1.165, 1.54) is 4.90 Å². The average molecular weight is 292 g/mol. The molecule has 1 rings (SSSR count). The Kier molecular flexibility index (Phi) is 6.21. The normalized spacial score (nSPS) is 11.0. The Balaban J connectivity index is 2.59. The summed E-state index contributed by atoms with van der Waals surface area (Å²) in [5.41, 5.74) is -0.0365. The molecule has 21 heavy (non-hydrogen) atoms. The third-order valence-corrected chi connectivity index (χ3v) is 3.89. The highest BCUT2D eigenvalue weighted by atomic mass is 16.4. The Hall–Kier alpha value is -2.04. The van der Waals surface area contributed by atoms with E-state index in [1.54, 1.807) is 20.9 Å². The van der Waals surface area contributed by atoms with Crippen LogP contribution in [0.15, 0.2) is 30.3 Å². The number of likely N-dealkylation sites (N-methyl/N-ethyl adjacent to an activating group) is 1. The van der Waals surface area contributed by atoms with Gasteiger partial charge in [-0.15, -0.1) is 0 Å². The minimum atomic E-state index is -1.18. The summed E-state index contributed by atoms with van der Waals surface area (Å²) >= 11 is 0. The van der Waals surface area contributed by atoms with Gasteiger partial charge in [0.05, 0.1) is 0 Å². The van der Waals surface area contributed by atoms with Crippen LogP contribution in [0.2, 0.25) is 0 Å². The molecule has 1 aromatic carbocycles. The molecule has 0 aliphatic carbocycles. The fourth-order valence-corrected chi connectivity index (χ4v) is 2.13. The molecule has 116 valence electrons. The van der Waals surface area contributed by atoms with Gasteiger partial charge in [-0.25, -0.2) is 9.59 Å². The third-order valence-electron chi connectivity index (χ3n) is 3.89. The number of benzene rings is 1. The number of carbonyl (C=O) groups is 2. The highest BCUT2D eigenvalue weighted by Crippen LogP contribution is 2.16. The standard InChI is InChI=1S/C16H24N2O3/c1-4-16(5-2,14(19)20)17-15(21)18(3)12-11-13-9-7-6-8-10-13/h6-10H,4-5,11-12H2,1-3H3,(H,17,21)(H,19,20). The van der Waals surface area contributed by atoms with Crippen LogP contribution in [-0.2, 0) is 11.2 Å². The van der Waals surface area contributed by atoms with Crippen LogP contribution in [0.5, 0.6) is 0 Å². The van der Waals surface area contributed by atoms with Crippen LogP contribution in [0.25, 0.3) is 0 Å². The van der Waals surface area contributed by atoms with Gasteiger partial charge in [0.15, 0.2) is 0 Å². The predicted molar refractivity (Wildman–Crippen MR) is 82.3 cm³/mol. The van der Waals surface area contributed by atoms with Gasteiger partial charge in [-0.3, -0.25) is 0 Å². The molecule has 5 nitrogen and oxygen atoms in total. The van der Waals surface area contributed by atoms with Gasteiger partial charge in [-0.05, 0) is 24.8 Å². The highest BCUT2D eigenvalue weighted by molar-refractivity contribution is 5.86. The van der Waals surface area contributed by atoms with E-state index in [2.05, 4.69) is 5.32 Å². The Bertz CT molecular complexity index is 470. The molecule has 0 atom stereocenters. The second kappa shape index (κ2) is 7.67. The van der Waals surface area contributed by atoms with Gasteiger partial charge in [0.2, 0.25) is 0 Å². The minimum absolute atomic E-state index is 0.350. The zero-order valence-electron chi connectivity index (χ0n) is 12.9. The van der Waals surface area contributed by atoms with Crippen LogP contribution in [0.4, 0.5) is 4.79 Å². The molecule has 1 aromatic rings. The van der Waals surface area contributed by atoms with Crippen molar-refractivity contribution in [3.8, 4) is 0 Å². The van der Waals surface area contributed by atoms with Crippen molar-refractivity contribution in [3.63, 3.8) is 0 Å². The Morgan fingerprint density at radius 3 is 2.24 bits per heavy atom. The molecular formula is C16H24N2O3. The largest absolute Gasteiger partial charge is 0.480 e. The number of aliphatic carboxylic acids is 1. The van der Waals surface area contributed by atoms with E-state index >= 15 is 0 Å². The molecule has 0 bridgehead atoms. The fourth-order valence-electron chi connectivity index (χ4n) is 2.13. The quantitative estimate of drug-likeness (QED) is 0.811. The van der Waals surface area contributed by atoms with Gasteiger partial charge in [-0.2, -0.15) is 0 Å². The van der Waals surface area contributed by atoms with Crippen LogP contribution in [0, 0.1) is 0 Å². The maximum Gasteiger partial charge on any atom is 0.329 e. The highest BCUT2D eigenvalue weighted by Gasteiger charge is 2.37. The van der Waals surface area contributed by atoms with Crippen LogP contribution in [0.3, 0.4) is 0 Å². The summed E-state index contributed by atoms with van der Waals surface area (Å²) in [7, 11) is 1.68. The van der Waals surface area contributed by atoms with Gasteiger partial charge >= 0.3 is 12.0 Å². The first-order valence-corrected chi connectivity index (χ1v) is 7.25. The number of hydrogen-bond donors (Lipinski definition) is 2. The summed E-state index contributed by atoms with van der Waals surface area (Å²) in [5.74, 6) is -0.989. The molecule has 0 radical (unpaired) electrons. The number of carbonyl (C=O) groups excluding carboxylic acids is 1. The van der Waals surface area contributed by atoms with E-state index in [9.17, 15) is 14.7 Å². The molecule has 0 heterocycles. The number of nitrogens with one attached hydrogen (secondary N) is 1. The lowest BCUT2D eigenvalue weighted by atomic mass is 9.93. The number of carboxylic acids is 1. The lowest BCUT2D eigenvalue weighted by Gasteiger charge is -2.30. The number of hydrogen-bond acceptors (Lipinski definition) is 2. The van der Waals surface area contributed by atoms with Crippen LogP contribution in [0.1, 0.15) is 32.3 Å². The van der Waals surface area contributed by atoms with Crippen molar-refractivity contribution >= 4 is 12.0 Å². The van der Waals surface area contributed by atoms with Gasteiger partial charge in [0, 0.05) is 13.6 Å². The number of carboxylic acid groups (broad SMARTS) is 1. The first-order valence-electron chi connectivity index (χ1n) is 7.25. The van der Waals surface area contributed by atoms with Crippen molar-refractivity contribution in [1.82, 2.24) is 10.2 Å². The Labute approximate surface area is 126 Å². The molecule has 2 amide bonds. The first-order chi connectivity index (χ1) is 9.95. The van der Waals surface area contributed by atoms with Crippen molar-refractivity contribution in [2.45, 2.75) is 38.6 Å². The SMILES string of the molecule is CCC(CC)(NC(=O)N(C)CCc1ccccc1)C(=O)O. The second-order valence-corrected chi connectivity index (χ2v) is 5.18. The zero-order chi connectivity index (χ0) is 15.9. The van der Waals surface area contributed by atoms with E-state index in [-0.39, 0.29) is 6.03 Å². The van der Waals surface area contributed by atoms with Gasteiger partial charge < -0.3 is 15.3 Å². The maximum absolute atomic E-state index is 12.2. The lowest BCUT2D eigenvalue weighted by molar-refractivity contribution is -0.144. The zero-order valence-corrected chi connectivity index (χ0v) is 12.9. The van der Waals surface area contributed by atoms with Gasteiger partial charge in [0.25, 0.3) is 0 Å². The smallest absolute Gasteiger partial charge is 0.329 e. The Morgan fingerprint density at radius 1 is 1.19 bits per heavy atom. The summed E-state index contributed by atoms with van der Waals surface area (Å²) < 4.78 is 0. The molecule has 2 N–H and O–H groups in total. The van der Waals surface area contributed by atoms with E-state index in [0.717, 1.165) is 12.0 Å². The summed E-state index contributed by atoms with van der Waals surface area (Å²) in [5, 5.41) is 12.0. The molecule has 0 saturated carbocycles. The number of rotatable bonds is 7. The first kappa shape index (κ1) is 17.0. The van der Waals surface area contributed by atoms with Crippen molar-refractivity contribution < 1.29 is 14.7 Å². The van der Waals surface area contributed by atoms with Crippen LogP contribution in [-0.4, -0.2) is 41.1 Å². The fraction of sp³-hybridized carbons (Fsp3) is 0.500. The summed E-state index contributed by atoms with van der Waals surface area (Å²) in [6, 6.07) is 9.52. The third kappa shape index (κ3) is 4.48. The predicted octanol–water partition coefficient (Wildman–Crippen LogP) is 2.51. The van der Waals surface area contributed by atoms with Crippen molar-refractivity contribution in [2.24, 2.45) is 0 Å². The van der Waals surface area contributed by atoms with Crippen LogP contribution < -0.4 is 5.32 Å². The van der Waals surface area contributed by atoms with Crippen LogP contribution >= 0.6 is 0 Å². The van der Waals surface area contributed by atoms with E-state index in [1.807, 2.05) is 30.3 Å². The molecule has 0 fully saturated rings. The number of amides is 2. The molecule has 0 aliphatic heterocycles. The van der Waals surface area contributed by atoms with Gasteiger partial charge in [-0.1, -0.05) is 44.2 Å². The van der Waals surface area contributed by atoms with Crippen molar-refractivity contribution in [1.29, 1.82) is 0 Å². The van der Waals surface area contributed by atoms with Crippen molar-refractivity contribution in [3.05, 3.63) is 35.9 Å². The van der Waals surface area contributed by atoms with Gasteiger partial charge in [0.1, 0.15) is 5.54 Å². The van der Waals surface area contributed by atoms with E-state index in [0.29, 0.717) is 19.4 Å². The molecule has 0 unspecified atom stereocenters. The van der Waals surface area contributed by atoms with E-state index < -0.39 is 11.5 Å². The molecule has 0 aliphatic rings. The monoisotopic (exact) mass is 292 g/mol. The second-order valence-electron chi connectivity index (χ2n) is 5.18. The summed E-state index contributed by atoms with van der Waals surface area (Å²) in [6.07, 6.45) is 1.46. The number of nitrogens with zero attached hydrogens (tertiary/aromatic N) is 1. The molecule has 0 spiro atoms. The summed E-state index contributed by atoms with van der Waals surface area (Å²) in [6.45, 7) is 4.07. The average Bonchev–Trinajstić information content (AvgIpc) is 2.50. The Morgan fingerprint density at radius 2 is 1.76 bits per heavy atom. The topological polar surface area (TPSA) is 69.6 Å². The number of urea groups is 1. The lowest BCUT2D eigenvalue weighted by Crippen LogP contribution is -2.56. The minimum Gasteiger partial charge on any atom is -0.480 e. The molecule has 0 saturated heterocycles. The molecule has 5 heteroatoms. The van der Waals surface area contributed by atoms with Crippen molar-refractivity contribution in [2.75, 3.05) is 13.6 Å². The maximum atomic E-state index is 12.2. The molecule has 0 aromatic heterocycles. The molecular weight excluding hydrogens is 268 g/mol.